The van der Waals surface area contributed by atoms with Crippen LogP contribution in [-0.2, 0) is 4.79 Å². The number of benzene rings is 1. The first-order valence-electron chi connectivity index (χ1n) is 5.25. The van der Waals surface area contributed by atoms with Gasteiger partial charge >= 0.3 is 6.09 Å². The third-order valence-corrected chi connectivity index (χ3v) is 2.49. The van der Waals surface area contributed by atoms with Crippen molar-refractivity contribution < 1.29 is 14.3 Å². The van der Waals surface area contributed by atoms with Gasteiger partial charge in [0, 0.05) is 13.0 Å². The largest absolute Gasteiger partial charge is 0.421 e. The predicted molar refractivity (Wildman–Crippen MR) is 58.2 cm³/mol. The minimum Gasteiger partial charge on any atom is -0.410 e. The molecule has 0 saturated carbocycles. The minimum absolute atomic E-state index is 0.155. The summed E-state index contributed by atoms with van der Waals surface area (Å²) in [5.41, 5.74) is 1.01. The van der Waals surface area contributed by atoms with Crippen molar-refractivity contribution in [1.29, 1.82) is 0 Å². The van der Waals surface area contributed by atoms with Crippen LogP contribution in [0.15, 0.2) is 24.3 Å². The zero-order valence-corrected chi connectivity index (χ0v) is 9.10. The second-order valence-corrected chi connectivity index (χ2v) is 3.83. The van der Waals surface area contributed by atoms with Gasteiger partial charge in [0.2, 0.25) is 5.91 Å². The smallest absolute Gasteiger partial charge is 0.410 e. The van der Waals surface area contributed by atoms with E-state index in [9.17, 15) is 9.59 Å². The predicted octanol–water partition coefficient (Wildman–Crippen LogP) is 2.12. The fraction of sp³-hybridized carbons (Fsp3) is 0.333. The molecule has 0 N–H and O–H groups in total. The standard InChI is InChI=1S/C12H13NO3/c1-9-4-2-5-10(8-9)16-12(15)13-7-3-6-11(13)14/h2,4-5,8H,3,6-7H2,1H3. The van der Waals surface area contributed by atoms with E-state index in [0.29, 0.717) is 18.7 Å². The molecule has 4 heteroatoms. The van der Waals surface area contributed by atoms with Crippen LogP contribution >= 0.6 is 0 Å². The Kier molecular flexibility index (Phi) is 2.90. The Morgan fingerprint density at radius 3 is 2.88 bits per heavy atom. The van der Waals surface area contributed by atoms with E-state index in [1.165, 1.54) is 0 Å². The van der Waals surface area contributed by atoms with Crippen LogP contribution in [0.2, 0.25) is 0 Å². The lowest BCUT2D eigenvalue weighted by molar-refractivity contribution is -0.125. The summed E-state index contributed by atoms with van der Waals surface area (Å²) in [4.78, 5) is 24.1. The molecule has 1 saturated heterocycles. The van der Waals surface area contributed by atoms with Gasteiger partial charge < -0.3 is 4.74 Å². The molecule has 0 bridgehead atoms. The highest BCUT2D eigenvalue weighted by Gasteiger charge is 2.27. The molecule has 1 aliphatic heterocycles. The fourth-order valence-electron chi connectivity index (χ4n) is 1.68. The number of hydrogen-bond donors (Lipinski definition) is 0. The van der Waals surface area contributed by atoms with Gasteiger partial charge in [-0.15, -0.1) is 0 Å². The summed E-state index contributed by atoms with van der Waals surface area (Å²) in [5.74, 6) is 0.322. The van der Waals surface area contributed by atoms with Crippen LogP contribution in [0.4, 0.5) is 4.79 Å². The van der Waals surface area contributed by atoms with Gasteiger partial charge in [-0.05, 0) is 31.0 Å². The number of carbonyl (C=O) groups excluding carboxylic acids is 2. The van der Waals surface area contributed by atoms with Gasteiger partial charge in [0.25, 0.3) is 0 Å². The molecule has 4 nitrogen and oxygen atoms in total. The topological polar surface area (TPSA) is 46.6 Å². The molecule has 1 aromatic rings. The summed E-state index contributed by atoms with van der Waals surface area (Å²) in [5, 5.41) is 0. The van der Waals surface area contributed by atoms with Crippen LogP contribution in [0.5, 0.6) is 5.75 Å². The lowest BCUT2D eigenvalue weighted by atomic mass is 10.2. The molecule has 2 amide bonds. The van der Waals surface area contributed by atoms with E-state index in [1.54, 1.807) is 12.1 Å². The molecule has 0 spiro atoms. The molecule has 16 heavy (non-hydrogen) atoms. The van der Waals surface area contributed by atoms with E-state index in [2.05, 4.69) is 0 Å². The number of aryl methyl sites for hydroxylation is 1. The molecule has 1 fully saturated rings. The number of hydrogen-bond acceptors (Lipinski definition) is 3. The Bertz CT molecular complexity index is 428. The molecule has 84 valence electrons. The van der Waals surface area contributed by atoms with Gasteiger partial charge in [-0.2, -0.15) is 0 Å². The van der Waals surface area contributed by atoms with E-state index < -0.39 is 6.09 Å². The molecule has 1 aliphatic rings. The Hall–Kier alpha value is -1.84. The molecule has 0 unspecified atom stereocenters. The number of rotatable bonds is 1. The average Bonchev–Trinajstić information content (AvgIpc) is 2.64. The van der Waals surface area contributed by atoms with E-state index >= 15 is 0 Å². The van der Waals surface area contributed by atoms with Gasteiger partial charge in [-0.25, -0.2) is 9.69 Å². The number of imide groups is 1. The van der Waals surface area contributed by atoms with Crippen molar-refractivity contribution in [2.24, 2.45) is 0 Å². The Labute approximate surface area is 93.8 Å². The zero-order chi connectivity index (χ0) is 11.5. The van der Waals surface area contributed by atoms with Crippen LogP contribution in [0, 0.1) is 6.92 Å². The van der Waals surface area contributed by atoms with E-state index in [4.69, 9.17) is 4.74 Å². The highest BCUT2D eigenvalue weighted by atomic mass is 16.6. The number of nitrogens with zero attached hydrogens (tertiary/aromatic N) is 1. The van der Waals surface area contributed by atoms with Crippen molar-refractivity contribution in [2.75, 3.05) is 6.54 Å². The van der Waals surface area contributed by atoms with E-state index in [0.717, 1.165) is 16.9 Å². The first-order chi connectivity index (χ1) is 7.66. The first kappa shape index (κ1) is 10.7. The van der Waals surface area contributed by atoms with Crippen molar-refractivity contribution >= 4 is 12.0 Å². The summed E-state index contributed by atoms with van der Waals surface area (Å²) in [7, 11) is 0. The summed E-state index contributed by atoms with van der Waals surface area (Å²) >= 11 is 0. The molecular weight excluding hydrogens is 206 g/mol. The van der Waals surface area contributed by atoms with Crippen LogP contribution in [-0.4, -0.2) is 23.4 Å². The normalized spacial score (nSPS) is 15.3. The molecular formula is C12H13NO3. The Morgan fingerprint density at radius 1 is 1.44 bits per heavy atom. The molecule has 1 aromatic carbocycles. The summed E-state index contributed by atoms with van der Waals surface area (Å²) in [6.45, 7) is 2.38. The average molecular weight is 219 g/mol. The summed E-state index contributed by atoms with van der Waals surface area (Å²) < 4.78 is 5.12. The number of carbonyl (C=O) groups is 2. The quantitative estimate of drug-likeness (QED) is 0.726. The lowest BCUT2D eigenvalue weighted by Gasteiger charge is -2.13. The van der Waals surface area contributed by atoms with Gasteiger partial charge in [0.15, 0.2) is 0 Å². The van der Waals surface area contributed by atoms with Crippen molar-refractivity contribution in [2.45, 2.75) is 19.8 Å². The van der Waals surface area contributed by atoms with Crippen LogP contribution < -0.4 is 4.74 Å². The highest BCUT2D eigenvalue weighted by molar-refractivity contribution is 5.94. The summed E-state index contributed by atoms with van der Waals surface area (Å²) in [6, 6.07) is 7.19. The van der Waals surface area contributed by atoms with Gasteiger partial charge in [-0.1, -0.05) is 12.1 Å². The van der Waals surface area contributed by atoms with Crippen molar-refractivity contribution in [3.63, 3.8) is 0 Å². The van der Waals surface area contributed by atoms with Crippen LogP contribution in [0.3, 0.4) is 0 Å². The second kappa shape index (κ2) is 4.35. The van der Waals surface area contributed by atoms with E-state index in [-0.39, 0.29) is 5.91 Å². The van der Waals surface area contributed by atoms with Crippen molar-refractivity contribution in [3.8, 4) is 5.75 Å². The van der Waals surface area contributed by atoms with Crippen LogP contribution in [0.25, 0.3) is 0 Å². The molecule has 1 heterocycles. The molecule has 2 rings (SSSR count). The maximum Gasteiger partial charge on any atom is 0.421 e. The van der Waals surface area contributed by atoms with Crippen molar-refractivity contribution in [3.05, 3.63) is 29.8 Å². The molecule has 0 aromatic heterocycles. The minimum atomic E-state index is -0.576. The van der Waals surface area contributed by atoms with Crippen LogP contribution in [0.1, 0.15) is 18.4 Å². The fourth-order valence-corrected chi connectivity index (χ4v) is 1.68. The number of likely N-dealkylation sites (tertiary alicyclic amines) is 1. The maximum atomic E-state index is 11.6. The molecule has 0 atom stereocenters. The Balaban J connectivity index is 2.04. The van der Waals surface area contributed by atoms with E-state index in [1.807, 2.05) is 19.1 Å². The van der Waals surface area contributed by atoms with Crippen molar-refractivity contribution in [1.82, 2.24) is 4.90 Å². The zero-order valence-electron chi connectivity index (χ0n) is 9.10. The van der Waals surface area contributed by atoms with Gasteiger partial charge in [0.05, 0.1) is 0 Å². The SMILES string of the molecule is Cc1cccc(OC(=O)N2CCCC2=O)c1. The maximum absolute atomic E-state index is 11.6. The summed E-state index contributed by atoms with van der Waals surface area (Å²) in [6.07, 6.45) is 0.582. The van der Waals surface area contributed by atoms with Gasteiger partial charge in [-0.3, -0.25) is 4.79 Å². The third-order valence-electron chi connectivity index (χ3n) is 2.49. The monoisotopic (exact) mass is 219 g/mol. The molecule has 0 aliphatic carbocycles. The highest BCUT2D eigenvalue weighted by Crippen LogP contribution is 2.16. The number of amides is 2. The third kappa shape index (κ3) is 2.21. The Morgan fingerprint density at radius 2 is 2.25 bits per heavy atom. The second-order valence-electron chi connectivity index (χ2n) is 3.83. The molecule has 0 radical (unpaired) electrons. The lowest BCUT2D eigenvalue weighted by Crippen LogP contribution is -2.34. The first-order valence-corrected chi connectivity index (χ1v) is 5.25. The van der Waals surface area contributed by atoms with Gasteiger partial charge in [0.1, 0.15) is 5.75 Å². The number of ether oxygens (including phenoxy) is 1.